The van der Waals surface area contributed by atoms with Crippen LogP contribution in [0.15, 0.2) is 30.3 Å². The number of rotatable bonds is 11. The minimum absolute atomic E-state index is 0. The molecule has 0 atom stereocenters. The van der Waals surface area contributed by atoms with Crippen LogP contribution in [0, 0.1) is 5.92 Å². The van der Waals surface area contributed by atoms with E-state index in [1.807, 2.05) is 0 Å². The standard InChI is InChI=1S/C30H36F6N6O.ClH/c1-2-40(17-20-6-3-4-7-20)27-15-23-9-5-8-22(23)14-24(27)19-41(28-37-39-42(38-28)10-11-43)18-21-12-25(29(31,32)33)16-26(13-21)30(34,35)36;/h12-16,20,43H,2-11,17-19H2,1H3;1H. The third-order valence-corrected chi connectivity index (χ3v) is 8.38. The second kappa shape index (κ2) is 13.9. The number of hydrogen-bond donors (Lipinski definition) is 1. The minimum Gasteiger partial charge on any atom is -0.394 e. The molecule has 2 aliphatic carbocycles. The normalized spacial score (nSPS) is 15.4. The third-order valence-electron chi connectivity index (χ3n) is 8.38. The predicted molar refractivity (Wildman–Crippen MR) is 157 cm³/mol. The zero-order valence-electron chi connectivity index (χ0n) is 24.5. The lowest BCUT2D eigenvalue weighted by Gasteiger charge is -2.31. The van der Waals surface area contributed by atoms with Crippen LogP contribution < -0.4 is 9.80 Å². The molecule has 0 amide bonds. The van der Waals surface area contributed by atoms with Gasteiger partial charge in [0.2, 0.25) is 0 Å². The lowest BCUT2D eigenvalue weighted by Crippen LogP contribution is -2.31. The van der Waals surface area contributed by atoms with E-state index in [-0.39, 0.29) is 56.2 Å². The first-order valence-electron chi connectivity index (χ1n) is 14.8. The van der Waals surface area contributed by atoms with Gasteiger partial charge in [0.25, 0.3) is 5.95 Å². The first-order valence-corrected chi connectivity index (χ1v) is 14.8. The zero-order chi connectivity index (χ0) is 30.8. The first kappa shape index (κ1) is 33.8. The number of tetrazole rings is 1. The molecule has 0 spiro atoms. The topological polar surface area (TPSA) is 70.3 Å². The molecule has 1 heterocycles. The first-order chi connectivity index (χ1) is 20.4. The molecular formula is C30H37ClF6N6O. The maximum absolute atomic E-state index is 13.7. The Hall–Kier alpha value is -3.06. The Balaban J connectivity index is 0.00000442. The lowest BCUT2D eigenvalue weighted by atomic mass is 10.0. The monoisotopic (exact) mass is 646 g/mol. The van der Waals surface area contributed by atoms with E-state index in [1.54, 1.807) is 4.90 Å². The van der Waals surface area contributed by atoms with Gasteiger partial charge >= 0.3 is 12.4 Å². The van der Waals surface area contributed by atoms with Crippen LogP contribution in [0.5, 0.6) is 0 Å². The average Bonchev–Trinajstić information content (AvgIpc) is 3.72. The maximum atomic E-state index is 13.7. The van der Waals surface area contributed by atoms with Gasteiger partial charge in [-0.25, -0.2) is 0 Å². The zero-order valence-corrected chi connectivity index (χ0v) is 25.3. The van der Waals surface area contributed by atoms with E-state index in [0.717, 1.165) is 73.4 Å². The lowest BCUT2D eigenvalue weighted by molar-refractivity contribution is -0.143. The minimum atomic E-state index is -4.96. The molecule has 0 unspecified atom stereocenters. The molecule has 242 valence electrons. The number of fused-ring (bicyclic) bond motifs is 1. The van der Waals surface area contributed by atoms with Crippen LogP contribution in [0.2, 0.25) is 0 Å². The number of aliphatic hydroxyl groups is 1. The number of benzene rings is 2. The van der Waals surface area contributed by atoms with Crippen LogP contribution in [0.1, 0.15) is 72.4 Å². The summed E-state index contributed by atoms with van der Waals surface area (Å²) in [6.45, 7) is 3.34. The van der Waals surface area contributed by atoms with Gasteiger partial charge in [-0.2, -0.15) is 31.1 Å². The van der Waals surface area contributed by atoms with Gasteiger partial charge in [0.1, 0.15) is 0 Å². The fraction of sp³-hybridized carbons (Fsp3) is 0.567. The van der Waals surface area contributed by atoms with Gasteiger partial charge < -0.3 is 14.9 Å². The van der Waals surface area contributed by atoms with E-state index in [9.17, 15) is 31.4 Å². The van der Waals surface area contributed by atoms with E-state index in [2.05, 4.69) is 39.4 Å². The van der Waals surface area contributed by atoms with E-state index in [4.69, 9.17) is 0 Å². The van der Waals surface area contributed by atoms with Crippen molar-refractivity contribution in [1.29, 1.82) is 0 Å². The number of aliphatic hydroxyl groups excluding tert-OH is 1. The molecule has 2 aliphatic rings. The molecule has 0 bridgehead atoms. The van der Waals surface area contributed by atoms with Crippen molar-refractivity contribution in [1.82, 2.24) is 20.2 Å². The van der Waals surface area contributed by atoms with E-state index in [1.165, 1.54) is 24.0 Å². The molecule has 1 aromatic heterocycles. The Kier molecular flexibility index (Phi) is 10.7. The second-order valence-electron chi connectivity index (χ2n) is 11.5. The summed E-state index contributed by atoms with van der Waals surface area (Å²) >= 11 is 0. The Labute approximate surface area is 258 Å². The molecule has 3 aromatic rings. The van der Waals surface area contributed by atoms with Crippen molar-refractivity contribution in [2.24, 2.45) is 5.92 Å². The van der Waals surface area contributed by atoms with E-state index in [0.29, 0.717) is 5.92 Å². The molecule has 1 N–H and O–H groups in total. The van der Waals surface area contributed by atoms with Gasteiger partial charge in [-0.05, 0) is 96.7 Å². The number of aryl methyl sites for hydroxylation is 2. The summed E-state index contributed by atoms with van der Waals surface area (Å²) < 4.78 is 81.9. The van der Waals surface area contributed by atoms with Gasteiger partial charge in [0.15, 0.2) is 0 Å². The highest BCUT2D eigenvalue weighted by atomic mass is 35.5. The summed E-state index contributed by atoms with van der Waals surface area (Å²) in [4.78, 5) is 5.04. The van der Waals surface area contributed by atoms with Gasteiger partial charge in [-0.15, -0.1) is 17.5 Å². The summed E-state index contributed by atoms with van der Waals surface area (Å²) in [6, 6.07) is 5.93. The molecule has 0 saturated heterocycles. The SMILES string of the molecule is CCN(CC1CCCC1)c1cc2c(cc1CN(Cc1cc(C(F)(F)F)cc(C(F)(F)F)c1)c1nnn(CCO)n1)CCC2.Cl. The highest BCUT2D eigenvalue weighted by Crippen LogP contribution is 2.38. The molecular weight excluding hydrogens is 610 g/mol. The fourth-order valence-electron chi connectivity index (χ4n) is 6.27. The van der Waals surface area contributed by atoms with Crippen LogP contribution >= 0.6 is 12.4 Å². The highest BCUT2D eigenvalue weighted by molar-refractivity contribution is 5.85. The number of aromatic nitrogens is 4. The van der Waals surface area contributed by atoms with Crippen molar-refractivity contribution in [3.63, 3.8) is 0 Å². The van der Waals surface area contributed by atoms with E-state index >= 15 is 0 Å². The van der Waals surface area contributed by atoms with Gasteiger partial charge in [-0.3, -0.25) is 0 Å². The molecule has 5 rings (SSSR count). The highest BCUT2D eigenvalue weighted by Gasteiger charge is 2.37. The average molecular weight is 647 g/mol. The smallest absolute Gasteiger partial charge is 0.394 e. The van der Waals surface area contributed by atoms with Crippen molar-refractivity contribution < 1.29 is 31.4 Å². The predicted octanol–water partition coefficient (Wildman–Crippen LogP) is 6.84. The number of anilines is 2. The van der Waals surface area contributed by atoms with Crippen molar-refractivity contribution in [3.05, 3.63) is 63.7 Å². The largest absolute Gasteiger partial charge is 0.416 e. The van der Waals surface area contributed by atoms with Crippen LogP contribution in [-0.4, -0.2) is 45.0 Å². The summed E-state index contributed by atoms with van der Waals surface area (Å²) in [5.74, 6) is 0.618. The Morgan fingerprint density at radius 2 is 1.50 bits per heavy atom. The summed E-state index contributed by atoms with van der Waals surface area (Å²) in [7, 11) is 0. The molecule has 44 heavy (non-hydrogen) atoms. The van der Waals surface area contributed by atoms with Crippen LogP contribution in [-0.2, 0) is 44.8 Å². The third kappa shape index (κ3) is 7.96. The molecule has 2 aromatic carbocycles. The Morgan fingerprint density at radius 3 is 2.09 bits per heavy atom. The van der Waals surface area contributed by atoms with Crippen LogP contribution in [0.4, 0.5) is 38.0 Å². The van der Waals surface area contributed by atoms with Crippen molar-refractivity contribution in [3.8, 4) is 0 Å². The van der Waals surface area contributed by atoms with Crippen molar-refractivity contribution in [2.45, 2.75) is 83.9 Å². The van der Waals surface area contributed by atoms with Gasteiger partial charge in [0, 0.05) is 31.9 Å². The Morgan fingerprint density at radius 1 is 0.864 bits per heavy atom. The summed E-state index contributed by atoms with van der Waals surface area (Å²) in [5, 5.41) is 21.6. The Bertz CT molecular complexity index is 1370. The molecule has 1 fully saturated rings. The maximum Gasteiger partial charge on any atom is 0.416 e. The quantitative estimate of drug-likeness (QED) is 0.230. The number of nitrogens with zero attached hydrogens (tertiary/aromatic N) is 6. The molecule has 0 aliphatic heterocycles. The van der Waals surface area contributed by atoms with Crippen molar-refractivity contribution >= 4 is 24.0 Å². The summed E-state index contributed by atoms with van der Waals surface area (Å²) in [6.07, 6.45) is -2.28. The fourth-order valence-corrected chi connectivity index (χ4v) is 6.27. The van der Waals surface area contributed by atoms with E-state index < -0.39 is 23.5 Å². The molecule has 1 saturated carbocycles. The van der Waals surface area contributed by atoms with Crippen LogP contribution in [0.25, 0.3) is 0 Å². The number of alkyl halides is 6. The molecule has 7 nitrogen and oxygen atoms in total. The number of halogens is 7. The molecule has 14 heteroatoms. The van der Waals surface area contributed by atoms with Crippen LogP contribution in [0.3, 0.4) is 0 Å². The van der Waals surface area contributed by atoms with Crippen molar-refractivity contribution in [2.75, 3.05) is 29.5 Å². The second-order valence-corrected chi connectivity index (χ2v) is 11.5. The number of hydrogen-bond acceptors (Lipinski definition) is 6. The van der Waals surface area contributed by atoms with Gasteiger partial charge in [0.05, 0.1) is 24.3 Å². The molecule has 0 radical (unpaired) electrons. The van der Waals surface area contributed by atoms with Gasteiger partial charge in [-0.1, -0.05) is 24.0 Å². The summed E-state index contributed by atoms with van der Waals surface area (Å²) in [5.41, 5.74) is 1.47.